The number of carbonyl (C=O) groups excluding carboxylic acids is 3. The van der Waals surface area contributed by atoms with Gasteiger partial charge in [-0.25, -0.2) is 0 Å². The molecule has 0 rings (SSSR count). The van der Waals surface area contributed by atoms with Crippen LogP contribution in [0.5, 0.6) is 0 Å². The maximum atomic E-state index is 12.7. The summed E-state index contributed by atoms with van der Waals surface area (Å²) in [6.07, 6.45) is 67.7. The molecule has 0 heterocycles. The fourth-order valence-corrected chi connectivity index (χ4v) is 6.11. The summed E-state index contributed by atoms with van der Waals surface area (Å²) in [6, 6.07) is 0. The van der Waals surface area contributed by atoms with Crippen LogP contribution < -0.4 is 0 Å². The van der Waals surface area contributed by atoms with Crippen molar-refractivity contribution < 1.29 is 28.6 Å². The molecule has 0 spiro atoms. The van der Waals surface area contributed by atoms with Gasteiger partial charge < -0.3 is 14.2 Å². The largest absolute Gasteiger partial charge is 0.462 e. The van der Waals surface area contributed by atoms with E-state index in [4.69, 9.17) is 14.2 Å². The van der Waals surface area contributed by atoms with Crippen molar-refractivity contribution in [2.45, 2.75) is 200 Å². The van der Waals surface area contributed by atoms with Crippen LogP contribution in [0.1, 0.15) is 194 Å². The summed E-state index contributed by atoms with van der Waals surface area (Å²) in [5.74, 6) is -1.08. The topological polar surface area (TPSA) is 78.9 Å². The SMILES string of the molecule is CC/C=C\C/C=C\C/C=C\C/C=C\C/C=C\CCCC(=O)OCC(COC(=O)CCCCCCCCCCCCC)OC(=O)CC/C=C\C/C=C\C/C=C\C/C=C\C/C=C\CC. The van der Waals surface area contributed by atoms with Gasteiger partial charge in [-0.05, 0) is 89.9 Å². The maximum absolute atomic E-state index is 12.7. The van der Waals surface area contributed by atoms with E-state index in [2.05, 4.69) is 130 Å². The van der Waals surface area contributed by atoms with Gasteiger partial charge in [-0.2, -0.15) is 0 Å². The lowest BCUT2D eigenvalue weighted by Crippen LogP contribution is -2.30. The zero-order valence-corrected chi connectivity index (χ0v) is 39.6. The first-order valence-electron chi connectivity index (χ1n) is 24.5. The van der Waals surface area contributed by atoms with Gasteiger partial charge in [0.05, 0.1) is 0 Å². The summed E-state index contributed by atoms with van der Waals surface area (Å²) >= 11 is 0. The molecule has 1 atom stereocenters. The van der Waals surface area contributed by atoms with E-state index in [1.807, 2.05) is 12.2 Å². The average molecular weight is 857 g/mol. The Balaban J connectivity index is 4.60. The fraction of sp³-hybridized carbons (Fsp3) is 0.589. The number of hydrogen-bond donors (Lipinski definition) is 0. The van der Waals surface area contributed by atoms with Crippen molar-refractivity contribution in [3.05, 3.63) is 122 Å². The van der Waals surface area contributed by atoms with Gasteiger partial charge in [0.2, 0.25) is 0 Å². The van der Waals surface area contributed by atoms with Crippen LogP contribution >= 0.6 is 0 Å². The third-order valence-corrected chi connectivity index (χ3v) is 9.73. The van der Waals surface area contributed by atoms with Crippen LogP contribution in [0.4, 0.5) is 0 Å². The van der Waals surface area contributed by atoms with E-state index in [0.717, 1.165) is 89.9 Å². The van der Waals surface area contributed by atoms with Crippen molar-refractivity contribution in [2.24, 2.45) is 0 Å². The van der Waals surface area contributed by atoms with Crippen LogP contribution in [0.25, 0.3) is 0 Å². The van der Waals surface area contributed by atoms with Gasteiger partial charge in [0.25, 0.3) is 0 Å². The molecule has 0 bridgehead atoms. The minimum Gasteiger partial charge on any atom is -0.462 e. The Kier molecular flexibility index (Phi) is 46.1. The molecule has 0 aromatic heterocycles. The molecule has 0 N–H and O–H groups in total. The molecule has 0 aliphatic carbocycles. The number of allylic oxidation sites excluding steroid dienone is 20. The maximum Gasteiger partial charge on any atom is 0.306 e. The van der Waals surface area contributed by atoms with Gasteiger partial charge in [-0.1, -0.05) is 206 Å². The summed E-state index contributed by atoms with van der Waals surface area (Å²) in [5, 5.41) is 0. The fourth-order valence-electron chi connectivity index (χ4n) is 6.11. The third-order valence-electron chi connectivity index (χ3n) is 9.73. The van der Waals surface area contributed by atoms with Crippen molar-refractivity contribution in [1.82, 2.24) is 0 Å². The van der Waals surface area contributed by atoms with Crippen molar-refractivity contribution in [3.63, 3.8) is 0 Å². The average Bonchev–Trinajstić information content (AvgIpc) is 3.27. The van der Waals surface area contributed by atoms with Gasteiger partial charge in [-0.3, -0.25) is 14.4 Å². The Morgan fingerprint density at radius 3 is 1.05 bits per heavy atom. The molecule has 348 valence electrons. The summed E-state index contributed by atoms with van der Waals surface area (Å²) in [4.78, 5) is 37.8. The number of esters is 3. The van der Waals surface area contributed by atoms with Crippen LogP contribution in [0, 0.1) is 0 Å². The van der Waals surface area contributed by atoms with Gasteiger partial charge >= 0.3 is 17.9 Å². The van der Waals surface area contributed by atoms with E-state index in [-0.39, 0.29) is 38.0 Å². The zero-order valence-electron chi connectivity index (χ0n) is 39.6. The molecule has 0 saturated heterocycles. The van der Waals surface area contributed by atoms with Crippen molar-refractivity contribution in [2.75, 3.05) is 13.2 Å². The lowest BCUT2D eigenvalue weighted by Gasteiger charge is -2.18. The molecule has 0 aliphatic heterocycles. The molecule has 0 amide bonds. The standard InChI is InChI=1S/C56H88O6/c1-4-7-10-13-16-19-22-24-26-28-30-31-34-37-40-43-46-49-55(58)61-52-53(51-60-54(57)48-45-42-39-36-33-21-18-15-12-9-6-3)62-56(59)50-47-44-41-38-35-32-29-27-25-23-20-17-14-11-8-5-2/h7-8,10-11,16-17,19-20,24-27,30-32,35,37,40-41,44,53H,4-6,9,12-15,18,21-23,28-29,33-34,36,38-39,42-43,45-52H2,1-3H3/b10-7-,11-8-,19-16-,20-17-,26-24-,27-25-,31-30-,35-32-,40-37-,44-41-. The van der Waals surface area contributed by atoms with Crippen LogP contribution in [-0.2, 0) is 28.6 Å². The van der Waals surface area contributed by atoms with Gasteiger partial charge in [0.1, 0.15) is 13.2 Å². The smallest absolute Gasteiger partial charge is 0.306 e. The highest BCUT2D eigenvalue weighted by molar-refractivity contribution is 5.71. The predicted octanol–water partition coefficient (Wildman–Crippen LogP) is 16.1. The highest BCUT2D eigenvalue weighted by atomic mass is 16.6. The first kappa shape index (κ1) is 57.8. The molecule has 62 heavy (non-hydrogen) atoms. The van der Waals surface area contributed by atoms with Crippen LogP contribution in [0.2, 0.25) is 0 Å². The van der Waals surface area contributed by atoms with Gasteiger partial charge in [0, 0.05) is 19.3 Å². The molecule has 0 saturated carbocycles. The molecule has 0 radical (unpaired) electrons. The zero-order chi connectivity index (χ0) is 45.1. The minimum atomic E-state index is -0.841. The van der Waals surface area contributed by atoms with Crippen molar-refractivity contribution >= 4 is 17.9 Å². The molecule has 0 aliphatic rings. The van der Waals surface area contributed by atoms with E-state index in [9.17, 15) is 14.4 Å². The quantitative estimate of drug-likeness (QED) is 0.0263. The first-order chi connectivity index (χ1) is 30.5. The number of hydrogen-bond acceptors (Lipinski definition) is 6. The lowest BCUT2D eigenvalue weighted by atomic mass is 10.1. The Labute approximate surface area is 380 Å². The van der Waals surface area contributed by atoms with Crippen molar-refractivity contribution in [1.29, 1.82) is 0 Å². The first-order valence-corrected chi connectivity index (χ1v) is 24.5. The van der Waals surface area contributed by atoms with Gasteiger partial charge in [-0.15, -0.1) is 0 Å². The van der Waals surface area contributed by atoms with E-state index in [1.165, 1.54) is 51.4 Å². The Morgan fingerprint density at radius 1 is 0.339 bits per heavy atom. The molecule has 6 heteroatoms. The van der Waals surface area contributed by atoms with Crippen molar-refractivity contribution in [3.8, 4) is 0 Å². The second-order valence-corrected chi connectivity index (χ2v) is 15.6. The van der Waals surface area contributed by atoms with Gasteiger partial charge in [0.15, 0.2) is 6.10 Å². The molecule has 6 nitrogen and oxygen atoms in total. The second kappa shape index (κ2) is 49.5. The summed E-state index contributed by atoms with van der Waals surface area (Å²) < 4.78 is 16.6. The normalized spacial score (nSPS) is 13.1. The number of rotatable bonds is 42. The third kappa shape index (κ3) is 46.9. The van der Waals surface area contributed by atoms with Crippen LogP contribution in [0.3, 0.4) is 0 Å². The Bertz CT molecular complexity index is 1350. The van der Waals surface area contributed by atoms with E-state index in [0.29, 0.717) is 19.3 Å². The number of unbranched alkanes of at least 4 members (excludes halogenated alkanes) is 11. The Morgan fingerprint density at radius 2 is 0.661 bits per heavy atom. The highest BCUT2D eigenvalue weighted by Gasteiger charge is 2.19. The molecular weight excluding hydrogens is 769 g/mol. The molecule has 1 unspecified atom stereocenters. The Hall–Kier alpha value is -4.19. The van der Waals surface area contributed by atoms with Crippen LogP contribution in [0.15, 0.2) is 122 Å². The lowest BCUT2D eigenvalue weighted by molar-refractivity contribution is -0.166. The molecule has 0 aromatic carbocycles. The molecule has 0 fully saturated rings. The van der Waals surface area contributed by atoms with E-state index >= 15 is 0 Å². The second-order valence-electron chi connectivity index (χ2n) is 15.6. The van der Waals surface area contributed by atoms with Crippen LogP contribution in [-0.4, -0.2) is 37.2 Å². The number of carbonyl (C=O) groups is 3. The highest BCUT2D eigenvalue weighted by Crippen LogP contribution is 2.13. The molecule has 0 aromatic rings. The molecular formula is C56H88O6. The minimum absolute atomic E-state index is 0.127. The summed E-state index contributed by atoms with van der Waals surface area (Å²) in [6.45, 7) is 6.26. The van der Waals surface area contributed by atoms with E-state index < -0.39 is 12.1 Å². The monoisotopic (exact) mass is 857 g/mol. The predicted molar refractivity (Wildman–Crippen MR) is 265 cm³/mol. The van der Waals surface area contributed by atoms with E-state index in [1.54, 1.807) is 0 Å². The number of ether oxygens (including phenoxy) is 3. The summed E-state index contributed by atoms with van der Waals surface area (Å²) in [7, 11) is 0. The summed E-state index contributed by atoms with van der Waals surface area (Å²) in [5.41, 5.74) is 0.